The van der Waals surface area contributed by atoms with E-state index in [0.29, 0.717) is 24.6 Å². The van der Waals surface area contributed by atoms with Gasteiger partial charge in [0.2, 0.25) is 0 Å². The number of hydrogen-bond donors (Lipinski definition) is 2. The van der Waals surface area contributed by atoms with Gasteiger partial charge < -0.3 is 20.1 Å². The standard InChI is InChI=1S/C9H6F3NO2.C9H8F3NO/c10-9(11,12)5-1-2-7-6(3-5)13-8(14)4-15-7;10-9(11,12)6-1-2-8-7(5-6)13-3-4-14-8/h1-3H,4H2,(H,13,14);1-2,5,13H,3-4H2. The van der Waals surface area contributed by atoms with Gasteiger partial charge in [-0.3, -0.25) is 4.79 Å². The quantitative estimate of drug-likeness (QED) is 0.615. The number of amides is 1. The second-order valence-corrected chi connectivity index (χ2v) is 6.03. The molecule has 5 nitrogen and oxygen atoms in total. The molecule has 29 heavy (non-hydrogen) atoms. The molecule has 0 saturated carbocycles. The first-order valence-corrected chi connectivity index (χ1v) is 8.26. The second-order valence-electron chi connectivity index (χ2n) is 6.03. The van der Waals surface area contributed by atoms with Gasteiger partial charge in [-0.2, -0.15) is 26.3 Å². The minimum atomic E-state index is -4.42. The van der Waals surface area contributed by atoms with Gasteiger partial charge in [0.15, 0.2) is 6.61 Å². The number of rotatable bonds is 0. The molecule has 0 bridgehead atoms. The predicted octanol–water partition coefficient (Wildman–Crippen LogP) is 4.55. The van der Waals surface area contributed by atoms with Crippen molar-refractivity contribution in [2.75, 3.05) is 30.4 Å². The van der Waals surface area contributed by atoms with Gasteiger partial charge >= 0.3 is 12.4 Å². The topological polar surface area (TPSA) is 59.6 Å². The minimum absolute atomic E-state index is 0.0566. The first-order chi connectivity index (χ1) is 13.5. The number of ether oxygens (including phenoxy) is 2. The van der Waals surface area contributed by atoms with Gasteiger partial charge in [-0.05, 0) is 36.4 Å². The number of nitrogens with one attached hydrogen (secondary N) is 2. The van der Waals surface area contributed by atoms with Crippen molar-refractivity contribution in [3.63, 3.8) is 0 Å². The number of anilines is 2. The van der Waals surface area contributed by atoms with Crippen molar-refractivity contribution in [1.82, 2.24) is 0 Å². The molecule has 2 aromatic rings. The van der Waals surface area contributed by atoms with Crippen LogP contribution in [0.1, 0.15) is 11.1 Å². The molecule has 1 amide bonds. The SMILES string of the molecule is FC(F)(F)c1ccc2c(c1)NCCO2.O=C1COc2ccc(C(F)(F)F)cc2N1. The maximum atomic E-state index is 12.3. The molecule has 156 valence electrons. The van der Waals surface area contributed by atoms with Crippen LogP contribution in [-0.4, -0.2) is 25.7 Å². The second kappa shape index (κ2) is 7.72. The molecule has 4 rings (SSSR count). The summed E-state index contributed by atoms with van der Waals surface area (Å²) in [6.07, 6.45) is -8.72. The average molecular weight is 420 g/mol. The summed E-state index contributed by atoms with van der Waals surface area (Å²) < 4.78 is 83.9. The first kappa shape index (κ1) is 20.6. The monoisotopic (exact) mass is 420 g/mol. The zero-order chi connectivity index (χ0) is 21.2. The van der Waals surface area contributed by atoms with Gasteiger partial charge in [0.25, 0.3) is 5.91 Å². The van der Waals surface area contributed by atoms with Crippen molar-refractivity contribution >= 4 is 17.3 Å². The number of benzene rings is 2. The predicted molar refractivity (Wildman–Crippen MR) is 91.0 cm³/mol. The number of halogens is 6. The van der Waals surface area contributed by atoms with Gasteiger partial charge in [0.05, 0.1) is 22.5 Å². The van der Waals surface area contributed by atoms with E-state index in [2.05, 4.69) is 10.6 Å². The number of carbonyl (C=O) groups excluding carboxylic acids is 1. The maximum Gasteiger partial charge on any atom is 0.416 e. The van der Waals surface area contributed by atoms with Crippen LogP contribution in [0.2, 0.25) is 0 Å². The van der Waals surface area contributed by atoms with E-state index >= 15 is 0 Å². The number of alkyl halides is 6. The van der Waals surface area contributed by atoms with Crippen LogP contribution in [0.3, 0.4) is 0 Å². The molecule has 11 heteroatoms. The summed E-state index contributed by atoms with van der Waals surface area (Å²) >= 11 is 0. The van der Waals surface area contributed by atoms with Gasteiger partial charge in [-0.25, -0.2) is 0 Å². The van der Waals surface area contributed by atoms with Crippen LogP contribution in [0.5, 0.6) is 11.5 Å². The van der Waals surface area contributed by atoms with Crippen LogP contribution in [0, 0.1) is 0 Å². The summed E-state index contributed by atoms with van der Waals surface area (Å²) in [5.74, 6) is 0.272. The third-order valence-corrected chi connectivity index (χ3v) is 3.92. The Morgan fingerprint density at radius 1 is 0.793 bits per heavy atom. The summed E-state index contributed by atoms with van der Waals surface area (Å²) in [7, 11) is 0. The van der Waals surface area contributed by atoms with Crippen molar-refractivity contribution in [3.8, 4) is 11.5 Å². The van der Waals surface area contributed by atoms with Crippen molar-refractivity contribution < 1.29 is 40.6 Å². The molecular weight excluding hydrogens is 406 g/mol. The fourth-order valence-electron chi connectivity index (χ4n) is 2.58. The third kappa shape index (κ3) is 5.04. The van der Waals surface area contributed by atoms with E-state index in [4.69, 9.17) is 9.47 Å². The zero-order valence-corrected chi connectivity index (χ0v) is 14.6. The highest BCUT2D eigenvalue weighted by molar-refractivity contribution is 5.95. The molecule has 0 aromatic heterocycles. The molecule has 2 aliphatic heterocycles. The van der Waals surface area contributed by atoms with Crippen LogP contribution >= 0.6 is 0 Å². The summed E-state index contributed by atoms with van der Waals surface area (Å²) in [6.45, 7) is 0.852. The Balaban J connectivity index is 0.000000166. The van der Waals surface area contributed by atoms with Crippen molar-refractivity contribution in [2.24, 2.45) is 0 Å². The summed E-state index contributed by atoms with van der Waals surface area (Å²) in [6, 6.07) is 6.38. The van der Waals surface area contributed by atoms with E-state index in [-0.39, 0.29) is 18.0 Å². The van der Waals surface area contributed by atoms with Gasteiger partial charge in [-0.15, -0.1) is 0 Å². The molecular formula is C18H14F6N2O3. The van der Waals surface area contributed by atoms with Gasteiger partial charge in [-0.1, -0.05) is 0 Å². The van der Waals surface area contributed by atoms with Crippen LogP contribution in [0.4, 0.5) is 37.7 Å². The highest BCUT2D eigenvalue weighted by Crippen LogP contribution is 2.37. The molecule has 0 fully saturated rings. The molecule has 0 radical (unpaired) electrons. The molecule has 2 aromatic carbocycles. The maximum absolute atomic E-state index is 12.3. The van der Waals surface area contributed by atoms with E-state index < -0.39 is 29.4 Å². The van der Waals surface area contributed by atoms with E-state index in [0.717, 1.165) is 24.3 Å². The van der Waals surface area contributed by atoms with Crippen molar-refractivity contribution in [2.45, 2.75) is 12.4 Å². The molecule has 0 saturated heterocycles. The van der Waals surface area contributed by atoms with Gasteiger partial charge in [0.1, 0.15) is 18.1 Å². The lowest BCUT2D eigenvalue weighted by Gasteiger charge is -2.20. The fraction of sp³-hybridized carbons (Fsp3) is 0.278. The zero-order valence-electron chi connectivity index (χ0n) is 14.6. The Morgan fingerprint density at radius 3 is 1.93 bits per heavy atom. The minimum Gasteiger partial charge on any atom is -0.490 e. The van der Waals surface area contributed by atoms with Crippen LogP contribution in [-0.2, 0) is 17.1 Å². The lowest BCUT2D eigenvalue weighted by molar-refractivity contribution is -0.138. The largest absolute Gasteiger partial charge is 0.490 e. The molecule has 0 spiro atoms. The molecule has 0 unspecified atom stereocenters. The molecule has 2 heterocycles. The number of carbonyl (C=O) groups is 1. The highest BCUT2D eigenvalue weighted by Gasteiger charge is 2.32. The Morgan fingerprint density at radius 2 is 1.34 bits per heavy atom. The first-order valence-electron chi connectivity index (χ1n) is 8.26. The highest BCUT2D eigenvalue weighted by atomic mass is 19.4. The normalized spacial score (nSPS) is 15.3. The molecule has 2 N–H and O–H groups in total. The number of fused-ring (bicyclic) bond motifs is 2. The molecule has 2 aliphatic rings. The van der Waals surface area contributed by atoms with Crippen molar-refractivity contribution in [1.29, 1.82) is 0 Å². The summed E-state index contributed by atoms with van der Waals surface area (Å²) in [4.78, 5) is 10.9. The lowest BCUT2D eigenvalue weighted by atomic mass is 10.1. The van der Waals surface area contributed by atoms with Crippen LogP contribution in [0.15, 0.2) is 36.4 Å². The Bertz CT molecular complexity index is 911. The van der Waals surface area contributed by atoms with Crippen LogP contribution in [0.25, 0.3) is 0 Å². The van der Waals surface area contributed by atoms with Gasteiger partial charge in [0, 0.05) is 6.54 Å². The Hall–Kier alpha value is -3.11. The average Bonchev–Trinajstić information content (AvgIpc) is 2.66. The lowest BCUT2D eigenvalue weighted by Crippen LogP contribution is -2.25. The van der Waals surface area contributed by atoms with E-state index in [9.17, 15) is 31.1 Å². The Labute approximate surface area is 160 Å². The fourth-order valence-corrected chi connectivity index (χ4v) is 2.58. The molecule has 0 aliphatic carbocycles. The smallest absolute Gasteiger partial charge is 0.416 e. The van der Waals surface area contributed by atoms with E-state index in [1.54, 1.807) is 0 Å². The van der Waals surface area contributed by atoms with Crippen molar-refractivity contribution in [3.05, 3.63) is 47.5 Å². The third-order valence-electron chi connectivity index (χ3n) is 3.92. The van der Waals surface area contributed by atoms with E-state index in [1.165, 1.54) is 12.1 Å². The van der Waals surface area contributed by atoms with Crippen LogP contribution < -0.4 is 20.1 Å². The summed E-state index contributed by atoms with van der Waals surface area (Å²) in [5.41, 5.74) is -1.01. The summed E-state index contributed by atoms with van der Waals surface area (Å²) in [5, 5.41) is 5.16. The number of hydrogen-bond acceptors (Lipinski definition) is 4. The Kier molecular flexibility index (Phi) is 5.49. The van der Waals surface area contributed by atoms with E-state index in [1.807, 2.05) is 0 Å². The molecule has 0 atom stereocenters.